The van der Waals surface area contributed by atoms with Crippen molar-refractivity contribution >= 4 is 47.8 Å². The van der Waals surface area contributed by atoms with Gasteiger partial charge in [-0.3, -0.25) is 0 Å². The molecule has 0 amide bonds. The Morgan fingerprint density at radius 3 is 2.52 bits per heavy atom. The second-order valence-corrected chi connectivity index (χ2v) is 7.49. The van der Waals surface area contributed by atoms with Crippen molar-refractivity contribution in [1.29, 1.82) is 0 Å². The van der Waals surface area contributed by atoms with Crippen molar-refractivity contribution in [2.75, 3.05) is 10.7 Å². The molecule has 0 N–H and O–H groups in total. The monoisotopic (exact) mass is 477 g/mol. The lowest BCUT2D eigenvalue weighted by molar-refractivity contribution is 0.460. The zero-order valence-electron chi connectivity index (χ0n) is 12.1. The second-order valence-electron chi connectivity index (χ2n) is 5.45. The summed E-state index contributed by atoms with van der Waals surface area (Å²) >= 11 is 11.0. The van der Waals surface area contributed by atoms with Gasteiger partial charge in [-0.25, -0.2) is 9.67 Å². The molecule has 0 aliphatic carbocycles. The van der Waals surface area contributed by atoms with Crippen molar-refractivity contribution in [3.05, 3.63) is 46.5 Å². The number of benzene rings is 1. The summed E-state index contributed by atoms with van der Waals surface area (Å²) in [6.07, 6.45) is 2.47. The molecule has 0 unspecified atom stereocenters. The van der Waals surface area contributed by atoms with Crippen LogP contribution in [0.2, 0.25) is 0 Å². The van der Waals surface area contributed by atoms with E-state index in [2.05, 4.69) is 89.9 Å². The molecule has 3 nitrogen and oxygen atoms in total. The lowest BCUT2D eigenvalue weighted by Gasteiger charge is -2.31. The van der Waals surface area contributed by atoms with Crippen LogP contribution >= 0.6 is 47.8 Å². The first-order valence-electron chi connectivity index (χ1n) is 6.79. The van der Waals surface area contributed by atoms with E-state index in [-0.39, 0.29) is 5.41 Å². The van der Waals surface area contributed by atoms with Crippen molar-refractivity contribution in [2.45, 2.75) is 31.7 Å². The third-order valence-corrected chi connectivity index (χ3v) is 6.22. The summed E-state index contributed by atoms with van der Waals surface area (Å²) in [5, 5.41) is 6.05. The molecule has 0 saturated heterocycles. The summed E-state index contributed by atoms with van der Waals surface area (Å²) in [7, 11) is 0. The van der Waals surface area contributed by atoms with Gasteiger partial charge in [-0.15, -0.1) is 0 Å². The first-order valence-corrected chi connectivity index (χ1v) is 9.82. The van der Waals surface area contributed by atoms with Gasteiger partial charge in [0, 0.05) is 33.0 Å². The molecule has 114 valence electrons. The zero-order valence-corrected chi connectivity index (χ0v) is 16.8. The molecule has 0 spiro atoms. The van der Waals surface area contributed by atoms with Gasteiger partial charge in [0.2, 0.25) is 0 Å². The molecule has 0 atom stereocenters. The minimum absolute atomic E-state index is 0.0521. The zero-order chi connectivity index (χ0) is 15.5. The topological polar surface area (TPSA) is 30.7 Å². The summed E-state index contributed by atoms with van der Waals surface area (Å²) in [4.78, 5) is 4.46. The Labute approximate surface area is 150 Å². The van der Waals surface area contributed by atoms with Gasteiger partial charge in [-0.2, -0.15) is 5.10 Å². The Balaban J connectivity index is 2.41. The Morgan fingerprint density at radius 1 is 1.24 bits per heavy atom. The first kappa shape index (κ1) is 17.2. The summed E-state index contributed by atoms with van der Waals surface area (Å²) < 4.78 is 3.09. The molecule has 2 rings (SSSR count). The molecular weight excluding hydrogens is 462 g/mol. The highest BCUT2D eigenvalue weighted by Gasteiger charge is 2.32. The molecule has 0 aliphatic rings. The molecule has 0 aliphatic heterocycles. The van der Waals surface area contributed by atoms with Crippen LogP contribution in [0.3, 0.4) is 0 Å². The normalized spacial score (nSPS) is 12.1. The SMILES string of the molecule is CC(C)n1ncnc1CC(CBr)(CBr)c1cccc(Br)c1. The maximum atomic E-state index is 4.46. The second kappa shape index (κ2) is 7.38. The maximum absolute atomic E-state index is 4.46. The van der Waals surface area contributed by atoms with Crippen molar-refractivity contribution in [1.82, 2.24) is 14.8 Å². The van der Waals surface area contributed by atoms with Gasteiger partial charge in [0.05, 0.1) is 0 Å². The van der Waals surface area contributed by atoms with Gasteiger partial charge >= 0.3 is 0 Å². The fourth-order valence-electron chi connectivity index (χ4n) is 2.34. The van der Waals surface area contributed by atoms with E-state index in [9.17, 15) is 0 Å². The van der Waals surface area contributed by atoms with Crippen LogP contribution in [0.15, 0.2) is 35.1 Å². The number of alkyl halides is 2. The molecule has 2 aromatic rings. The molecule has 1 heterocycles. The predicted octanol–water partition coefficient (Wildman–Crippen LogP) is 4.89. The van der Waals surface area contributed by atoms with Crippen LogP contribution in [-0.4, -0.2) is 25.4 Å². The van der Waals surface area contributed by atoms with Crippen LogP contribution in [0.25, 0.3) is 0 Å². The molecule has 0 fully saturated rings. The van der Waals surface area contributed by atoms with Crippen LogP contribution in [-0.2, 0) is 11.8 Å². The van der Waals surface area contributed by atoms with Crippen molar-refractivity contribution in [2.24, 2.45) is 0 Å². The van der Waals surface area contributed by atoms with Crippen LogP contribution in [0.4, 0.5) is 0 Å². The third kappa shape index (κ3) is 3.77. The third-order valence-electron chi connectivity index (χ3n) is 3.58. The van der Waals surface area contributed by atoms with Crippen molar-refractivity contribution in [3.8, 4) is 0 Å². The molecule has 6 heteroatoms. The average Bonchev–Trinajstić information content (AvgIpc) is 2.93. The molecule has 1 aromatic carbocycles. The number of hydrogen-bond donors (Lipinski definition) is 0. The predicted molar refractivity (Wildman–Crippen MR) is 97.5 cm³/mol. The van der Waals surface area contributed by atoms with Gasteiger partial charge in [0.15, 0.2) is 0 Å². The van der Waals surface area contributed by atoms with E-state index in [4.69, 9.17) is 0 Å². The minimum atomic E-state index is -0.0521. The molecule has 21 heavy (non-hydrogen) atoms. The van der Waals surface area contributed by atoms with Crippen molar-refractivity contribution in [3.63, 3.8) is 0 Å². The van der Waals surface area contributed by atoms with Gasteiger partial charge in [-0.1, -0.05) is 59.9 Å². The largest absolute Gasteiger partial charge is 0.248 e. The smallest absolute Gasteiger partial charge is 0.138 e. The van der Waals surface area contributed by atoms with Crippen LogP contribution < -0.4 is 0 Å². The molecule has 1 aromatic heterocycles. The number of hydrogen-bond acceptors (Lipinski definition) is 2. The fraction of sp³-hybridized carbons (Fsp3) is 0.467. The number of nitrogens with zero attached hydrogens (tertiary/aromatic N) is 3. The molecule has 0 radical (unpaired) electrons. The Bertz CT molecular complexity index is 591. The van der Waals surface area contributed by atoms with Crippen LogP contribution in [0, 0.1) is 0 Å². The minimum Gasteiger partial charge on any atom is -0.248 e. The van der Waals surface area contributed by atoms with E-state index in [1.807, 2.05) is 10.7 Å². The number of aromatic nitrogens is 3. The van der Waals surface area contributed by atoms with E-state index in [1.165, 1.54) is 5.56 Å². The Kier molecular flexibility index (Phi) is 6.03. The van der Waals surface area contributed by atoms with Gasteiger partial charge in [0.1, 0.15) is 12.2 Å². The highest BCUT2D eigenvalue weighted by Crippen LogP contribution is 2.34. The van der Waals surface area contributed by atoms with E-state index in [0.717, 1.165) is 27.4 Å². The first-order chi connectivity index (χ1) is 10.0. The van der Waals surface area contributed by atoms with Crippen LogP contribution in [0.1, 0.15) is 31.3 Å². The van der Waals surface area contributed by atoms with Gasteiger partial charge < -0.3 is 0 Å². The summed E-state index contributed by atoms with van der Waals surface area (Å²) in [6.45, 7) is 4.25. The van der Waals surface area contributed by atoms with E-state index in [0.29, 0.717) is 6.04 Å². The summed E-state index contributed by atoms with van der Waals surface area (Å²) in [5.41, 5.74) is 1.23. The van der Waals surface area contributed by atoms with Gasteiger partial charge in [0.25, 0.3) is 0 Å². The maximum Gasteiger partial charge on any atom is 0.138 e. The number of rotatable bonds is 6. The Hall–Kier alpha value is -0.200. The molecule has 0 saturated carbocycles. The van der Waals surface area contributed by atoms with E-state index < -0.39 is 0 Å². The number of halogens is 3. The van der Waals surface area contributed by atoms with Gasteiger partial charge in [-0.05, 0) is 31.5 Å². The van der Waals surface area contributed by atoms with Crippen LogP contribution in [0.5, 0.6) is 0 Å². The molecular formula is C15H18Br3N3. The summed E-state index contributed by atoms with van der Waals surface area (Å²) in [5.74, 6) is 1.02. The Morgan fingerprint density at radius 2 is 1.95 bits per heavy atom. The quantitative estimate of drug-likeness (QED) is 0.552. The molecule has 0 bridgehead atoms. The lowest BCUT2D eigenvalue weighted by atomic mass is 9.81. The van der Waals surface area contributed by atoms with Crippen molar-refractivity contribution < 1.29 is 0 Å². The fourth-order valence-corrected chi connectivity index (χ4v) is 4.71. The van der Waals surface area contributed by atoms with E-state index in [1.54, 1.807) is 6.33 Å². The van der Waals surface area contributed by atoms with E-state index >= 15 is 0 Å². The average molecular weight is 480 g/mol. The standard InChI is InChI=1S/C15H18Br3N3/c1-11(2)21-14(19-10-20-21)7-15(8-16,9-17)12-4-3-5-13(18)6-12/h3-6,10-11H,7-9H2,1-2H3. The highest BCUT2D eigenvalue weighted by molar-refractivity contribution is 9.10. The lowest BCUT2D eigenvalue weighted by Crippen LogP contribution is -2.34. The summed E-state index contributed by atoms with van der Waals surface area (Å²) in [6, 6.07) is 8.79. The highest BCUT2D eigenvalue weighted by atomic mass is 79.9.